The van der Waals surface area contributed by atoms with Gasteiger partial charge in [0.25, 0.3) is 0 Å². The zero-order valence-corrected chi connectivity index (χ0v) is 12.1. The Morgan fingerprint density at radius 1 is 1.10 bits per heavy atom. The van der Waals surface area contributed by atoms with Gasteiger partial charge in [0.15, 0.2) is 0 Å². The zero-order valence-electron chi connectivity index (χ0n) is 11.3. The fraction of sp³-hybridized carbons (Fsp3) is 0.125. The fourth-order valence-electron chi connectivity index (χ4n) is 1.97. The van der Waals surface area contributed by atoms with E-state index in [2.05, 4.69) is 5.32 Å². The highest BCUT2D eigenvalue weighted by atomic mass is 35.5. The van der Waals surface area contributed by atoms with Crippen molar-refractivity contribution in [3.8, 4) is 0 Å². The summed E-state index contributed by atoms with van der Waals surface area (Å²) in [4.78, 5) is 23.2. The molecule has 0 saturated carbocycles. The number of alkyl halides is 1. The van der Waals surface area contributed by atoms with Gasteiger partial charge in [0.05, 0.1) is 5.56 Å². The van der Waals surface area contributed by atoms with Gasteiger partial charge < -0.3 is 10.4 Å². The fourth-order valence-corrected chi connectivity index (χ4v) is 2.17. The Morgan fingerprint density at radius 3 is 2.38 bits per heavy atom. The third kappa shape index (κ3) is 3.41. The number of aromatic carboxylic acids is 1. The molecule has 21 heavy (non-hydrogen) atoms. The highest BCUT2D eigenvalue weighted by molar-refractivity contribution is 6.32. The number of halogens is 1. The van der Waals surface area contributed by atoms with Crippen LogP contribution < -0.4 is 5.32 Å². The Labute approximate surface area is 127 Å². The molecule has 1 atom stereocenters. The van der Waals surface area contributed by atoms with Crippen LogP contribution in [0.1, 0.15) is 26.9 Å². The van der Waals surface area contributed by atoms with Crippen molar-refractivity contribution in [3.63, 3.8) is 0 Å². The average molecular weight is 304 g/mol. The van der Waals surface area contributed by atoms with Gasteiger partial charge in [0.1, 0.15) is 5.38 Å². The van der Waals surface area contributed by atoms with Crippen molar-refractivity contribution in [3.05, 3.63) is 65.2 Å². The lowest BCUT2D eigenvalue weighted by atomic mass is 10.1. The predicted octanol–water partition coefficient (Wildman–Crippen LogP) is 3.61. The highest BCUT2D eigenvalue weighted by Gasteiger charge is 2.19. The molecule has 0 heterocycles. The van der Waals surface area contributed by atoms with E-state index >= 15 is 0 Å². The number of carbonyl (C=O) groups excluding carboxylic acids is 1. The molecule has 2 N–H and O–H groups in total. The van der Waals surface area contributed by atoms with E-state index in [0.717, 1.165) is 0 Å². The van der Waals surface area contributed by atoms with E-state index in [1.165, 1.54) is 6.07 Å². The van der Waals surface area contributed by atoms with E-state index in [0.29, 0.717) is 16.8 Å². The SMILES string of the molecule is Cc1c(NC(=O)C(Cl)c2ccccc2)cccc1C(=O)O. The van der Waals surface area contributed by atoms with Crippen molar-refractivity contribution in [1.29, 1.82) is 0 Å². The molecule has 2 aromatic carbocycles. The van der Waals surface area contributed by atoms with Crippen molar-refractivity contribution in [2.24, 2.45) is 0 Å². The Kier molecular flexibility index (Phi) is 4.60. The van der Waals surface area contributed by atoms with Crippen molar-refractivity contribution in [1.82, 2.24) is 0 Å². The number of rotatable bonds is 4. The first kappa shape index (κ1) is 15.1. The van der Waals surface area contributed by atoms with Crippen LogP contribution in [0.25, 0.3) is 0 Å². The molecule has 4 nitrogen and oxygen atoms in total. The van der Waals surface area contributed by atoms with Crippen LogP contribution in [0.3, 0.4) is 0 Å². The number of carbonyl (C=O) groups is 2. The van der Waals surface area contributed by atoms with Crippen LogP contribution >= 0.6 is 11.6 Å². The molecule has 0 aliphatic rings. The Hall–Kier alpha value is -2.33. The summed E-state index contributed by atoms with van der Waals surface area (Å²) < 4.78 is 0. The van der Waals surface area contributed by atoms with E-state index in [9.17, 15) is 9.59 Å². The van der Waals surface area contributed by atoms with Crippen molar-refractivity contribution in [2.45, 2.75) is 12.3 Å². The number of hydrogen-bond donors (Lipinski definition) is 2. The molecule has 2 rings (SSSR count). The number of anilines is 1. The topological polar surface area (TPSA) is 66.4 Å². The predicted molar refractivity (Wildman–Crippen MR) is 81.8 cm³/mol. The minimum Gasteiger partial charge on any atom is -0.478 e. The minimum atomic E-state index is -1.03. The van der Waals surface area contributed by atoms with Gasteiger partial charge in [-0.05, 0) is 30.2 Å². The molecule has 1 unspecified atom stereocenters. The Balaban J connectivity index is 2.21. The van der Waals surface area contributed by atoms with Crippen LogP contribution in [0.15, 0.2) is 48.5 Å². The highest BCUT2D eigenvalue weighted by Crippen LogP contribution is 2.24. The standard InChI is InChI=1S/C16H14ClNO3/c1-10-12(16(20)21)8-5-9-13(10)18-15(19)14(17)11-6-3-2-4-7-11/h2-9,14H,1H3,(H,18,19)(H,20,21). The molecule has 0 aliphatic heterocycles. The molecule has 2 aromatic rings. The van der Waals surface area contributed by atoms with Gasteiger partial charge in [-0.3, -0.25) is 4.79 Å². The molecule has 108 valence electrons. The second-order valence-corrected chi connectivity index (χ2v) is 4.98. The number of carboxylic acid groups (broad SMARTS) is 1. The molecular weight excluding hydrogens is 290 g/mol. The number of carboxylic acids is 1. The number of amides is 1. The molecule has 0 fully saturated rings. The van der Waals surface area contributed by atoms with Crippen LogP contribution in [0, 0.1) is 6.92 Å². The number of benzene rings is 2. The molecule has 0 radical (unpaired) electrons. The van der Waals surface area contributed by atoms with Crippen molar-refractivity contribution >= 4 is 29.2 Å². The van der Waals surface area contributed by atoms with E-state index < -0.39 is 17.3 Å². The normalized spacial score (nSPS) is 11.7. The summed E-state index contributed by atoms with van der Waals surface area (Å²) in [5, 5.41) is 10.9. The van der Waals surface area contributed by atoms with E-state index in [1.54, 1.807) is 43.3 Å². The quantitative estimate of drug-likeness (QED) is 0.848. The van der Waals surface area contributed by atoms with Crippen molar-refractivity contribution in [2.75, 3.05) is 5.32 Å². The molecule has 0 saturated heterocycles. The first-order valence-corrected chi connectivity index (χ1v) is 6.77. The second kappa shape index (κ2) is 6.41. The molecule has 0 bridgehead atoms. The summed E-state index contributed by atoms with van der Waals surface area (Å²) in [6.45, 7) is 1.64. The smallest absolute Gasteiger partial charge is 0.336 e. The van der Waals surface area contributed by atoms with E-state index in [1.807, 2.05) is 6.07 Å². The first-order valence-electron chi connectivity index (χ1n) is 6.33. The zero-order chi connectivity index (χ0) is 15.4. The summed E-state index contributed by atoms with van der Waals surface area (Å²) in [6.07, 6.45) is 0. The maximum atomic E-state index is 12.2. The molecule has 5 heteroatoms. The maximum Gasteiger partial charge on any atom is 0.336 e. The largest absolute Gasteiger partial charge is 0.478 e. The molecular formula is C16H14ClNO3. The summed E-state index contributed by atoms with van der Waals surface area (Å²) in [7, 11) is 0. The summed E-state index contributed by atoms with van der Waals surface area (Å²) in [5.41, 5.74) is 1.78. The van der Waals surface area contributed by atoms with Gasteiger partial charge in [-0.1, -0.05) is 36.4 Å². The Bertz CT molecular complexity index is 670. The monoisotopic (exact) mass is 303 g/mol. The van der Waals surface area contributed by atoms with Crippen LogP contribution in [0.2, 0.25) is 0 Å². The maximum absolute atomic E-state index is 12.2. The summed E-state index contributed by atoms with van der Waals surface area (Å²) in [6, 6.07) is 13.7. The van der Waals surface area contributed by atoms with Crippen LogP contribution in [0.5, 0.6) is 0 Å². The lowest BCUT2D eigenvalue weighted by molar-refractivity contribution is -0.116. The van der Waals surface area contributed by atoms with Crippen LogP contribution in [-0.4, -0.2) is 17.0 Å². The van der Waals surface area contributed by atoms with Crippen molar-refractivity contribution < 1.29 is 14.7 Å². The van der Waals surface area contributed by atoms with Gasteiger partial charge in [-0.25, -0.2) is 4.79 Å². The second-order valence-electron chi connectivity index (χ2n) is 4.55. The number of hydrogen-bond acceptors (Lipinski definition) is 2. The lowest BCUT2D eigenvalue weighted by Gasteiger charge is -2.13. The molecule has 0 aromatic heterocycles. The third-order valence-electron chi connectivity index (χ3n) is 3.14. The average Bonchev–Trinajstić information content (AvgIpc) is 2.49. The summed E-state index contributed by atoms with van der Waals surface area (Å²) in [5.74, 6) is -1.43. The number of nitrogens with one attached hydrogen (secondary N) is 1. The van der Waals surface area contributed by atoms with Crippen LogP contribution in [0.4, 0.5) is 5.69 Å². The Morgan fingerprint density at radius 2 is 1.76 bits per heavy atom. The van der Waals surface area contributed by atoms with E-state index in [-0.39, 0.29) is 5.56 Å². The van der Waals surface area contributed by atoms with Crippen LogP contribution in [-0.2, 0) is 4.79 Å². The molecule has 1 amide bonds. The molecule has 0 aliphatic carbocycles. The van der Waals surface area contributed by atoms with Gasteiger partial charge in [0, 0.05) is 5.69 Å². The minimum absolute atomic E-state index is 0.152. The van der Waals surface area contributed by atoms with Gasteiger partial charge >= 0.3 is 5.97 Å². The first-order chi connectivity index (χ1) is 10.0. The lowest BCUT2D eigenvalue weighted by Crippen LogP contribution is -2.18. The van der Waals surface area contributed by atoms with E-state index in [4.69, 9.17) is 16.7 Å². The van der Waals surface area contributed by atoms with Gasteiger partial charge in [-0.2, -0.15) is 0 Å². The van der Waals surface area contributed by atoms with Gasteiger partial charge in [0.2, 0.25) is 5.91 Å². The summed E-state index contributed by atoms with van der Waals surface area (Å²) >= 11 is 6.13. The third-order valence-corrected chi connectivity index (χ3v) is 3.59. The molecule has 0 spiro atoms. The van der Waals surface area contributed by atoms with Gasteiger partial charge in [-0.15, -0.1) is 11.6 Å².